The van der Waals surface area contributed by atoms with Crippen molar-refractivity contribution in [3.63, 3.8) is 0 Å². The fraction of sp³-hybridized carbons (Fsp3) is 0.643. The number of halogens is 1. The van der Waals surface area contributed by atoms with Crippen LogP contribution in [0.2, 0.25) is 5.28 Å². The number of nitrogens with zero attached hydrogens (tertiary/aromatic N) is 4. The van der Waals surface area contributed by atoms with Gasteiger partial charge in [0.25, 0.3) is 0 Å². The minimum atomic E-state index is -0.0903. The van der Waals surface area contributed by atoms with Crippen LogP contribution in [-0.4, -0.2) is 76.0 Å². The summed E-state index contributed by atoms with van der Waals surface area (Å²) in [6.07, 6.45) is 1.64. The molecule has 23 heavy (non-hydrogen) atoms. The Hall–Kier alpha value is -1.64. The molecular formula is C14H22ClN5O3. The van der Waals surface area contributed by atoms with Gasteiger partial charge < -0.3 is 24.6 Å². The molecule has 0 atom stereocenters. The Morgan fingerprint density at radius 1 is 1.52 bits per heavy atom. The predicted octanol–water partition coefficient (Wildman–Crippen LogP) is 0.165. The molecule has 0 spiro atoms. The maximum absolute atomic E-state index is 11.9. The van der Waals surface area contributed by atoms with Crippen molar-refractivity contribution in [3.8, 4) is 0 Å². The molecule has 0 aromatic carbocycles. The van der Waals surface area contributed by atoms with E-state index in [1.54, 1.807) is 13.3 Å². The van der Waals surface area contributed by atoms with E-state index < -0.39 is 0 Å². The number of carbonyl (C=O) groups is 1. The summed E-state index contributed by atoms with van der Waals surface area (Å²) < 4.78 is 10.3. The van der Waals surface area contributed by atoms with E-state index in [-0.39, 0.29) is 17.7 Å². The van der Waals surface area contributed by atoms with Crippen LogP contribution in [0, 0.1) is 0 Å². The van der Waals surface area contributed by atoms with Crippen LogP contribution in [-0.2, 0) is 14.3 Å². The molecule has 1 saturated heterocycles. The predicted molar refractivity (Wildman–Crippen MR) is 88.2 cm³/mol. The third kappa shape index (κ3) is 5.19. The number of methoxy groups -OCH3 is 1. The number of ether oxygens (including phenoxy) is 2. The molecule has 1 aromatic rings. The second-order valence-electron chi connectivity index (χ2n) is 5.15. The lowest BCUT2D eigenvalue weighted by molar-refractivity contribution is -0.119. The van der Waals surface area contributed by atoms with Crippen molar-refractivity contribution in [3.05, 3.63) is 11.5 Å². The van der Waals surface area contributed by atoms with E-state index in [1.165, 1.54) is 0 Å². The van der Waals surface area contributed by atoms with Crippen LogP contribution < -0.4 is 15.1 Å². The van der Waals surface area contributed by atoms with E-state index in [0.29, 0.717) is 26.4 Å². The monoisotopic (exact) mass is 343 g/mol. The van der Waals surface area contributed by atoms with E-state index in [1.807, 2.05) is 11.9 Å². The van der Waals surface area contributed by atoms with Crippen molar-refractivity contribution in [1.82, 2.24) is 15.3 Å². The highest BCUT2D eigenvalue weighted by atomic mass is 35.5. The molecule has 0 bridgehead atoms. The maximum Gasteiger partial charge on any atom is 0.239 e. The van der Waals surface area contributed by atoms with E-state index in [2.05, 4.69) is 20.2 Å². The molecule has 1 aromatic heterocycles. The van der Waals surface area contributed by atoms with Gasteiger partial charge in [-0.2, -0.15) is 4.98 Å². The van der Waals surface area contributed by atoms with Gasteiger partial charge in [0, 0.05) is 33.8 Å². The third-order valence-corrected chi connectivity index (χ3v) is 3.63. The normalized spacial score (nSPS) is 14.7. The van der Waals surface area contributed by atoms with Crippen LogP contribution in [0.15, 0.2) is 6.20 Å². The lowest BCUT2D eigenvalue weighted by Crippen LogP contribution is -2.40. The van der Waals surface area contributed by atoms with Gasteiger partial charge in [0.2, 0.25) is 11.2 Å². The first-order valence-electron chi connectivity index (χ1n) is 7.44. The van der Waals surface area contributed by atoms with Gasteiger partial charge in [0.15, 0.2) is 5.82 Å². The summed E-state index contributed by atoms with van der Waals surface area (Å²) in [4.78, 5) is 24.2. The first-order chi connectivity index (χ1) is 11.1. The third-order valence-electron chi connectivity index (χ3n) is 3.45. The Labute approximate surface area is 140 Å². The van der Waals surface area contributed by atoms with Gasteiger partial charge in [-0.3, -0.25) is 4.79 Å². The Balaban J connectivity index is 2.06. The van der Waals surface area contributed by atoms with Crippen LogP contribution in [0.1, 0.15) is 0 Å². The summed E-state index contributed by atoms with van der Waals surface area (Å²) in [6, 6.07) is 0. The molecule has 8 nitrogen and oxygen atoms in total. The van der Waals surface area contributed by atoms with Crippen LogP contribution in [0.5, 0.6) is 0 Å². The molecule has 0 saturated carbocycles. The quantitative estimate of drug-likeness (QED) is 0.558. The number of hydrogen-bond donors (Lipinski definition) is 1. The molecule has 0 radical (unpaired) electrons. The Kier molecular flexibility index (Phi) is 6.82. The number of likely N-dealkylation sites (N-methyl/N-ethyl adjacent to an activating group) is 1. The van der Waals surface area contributed by atoms with Gasteiger partial charge >= 0.3 is 0 Å². The average molecular weight is 344 g/mol. The summed E-state index contributed by atoms with van der Waals surface area (Å²) in [5.74, 6) is 0.632. The Bertz CT molecular complexity index is 525. The molecular weight excluding hydrogens is 322 g/mol. The molecule has 1 aliphatic heterocycles. The lowest BCUT2D eigenvalue weighted by Gasteiger charge is -2.31. The van der Waals surface area contributed by atoms with Gasteiger partial charge in [0.1, 0.15) is 0 Å². The van der Waals surface area contributed by atoms with Crippen LogP contribution >= 0.6 is 11.6 Å². The molecule has 0 aliphatic carbocycles. The summed E-state index contributed by atoms with van der Waals surface area (Å²) in [5.41, 5.74) is 0.762. The zero-order chi connectivity index (χ0) is 16.7. The molecule has 128 valence electrons. The molecule has 1 N–H and O–H groups in total. The van der Waals surface area contributed by atoms with Crippen molar-refractivity contribution in [1.29, 1.82) is 0 Å². The summed E-state index contributed by atoms with van der Waals surface area (Å²) in [6.45, 7) is 3.91. The number of aromatic nitrogens is 2. The minimum Gasteiger partial charge on any atom is -0.383 e. The molecule has 2 rings (SSSR count). The second kappa shape index (κ2) is 8.85. The second-order valence-corrected chi connectivity index (χ2v) is 5.48. The Morgan fingerprint density at radius 3 is 2.96 bits per heavy atom. The SMILES string of the molecule is COCCNC(=O)CN(C)c1cnc(Cl)nc1N1CCOCC1. The first kappa shape index (κ1) is 17.7. The first-order valence-corrected chi connectivity index (χ1v) is 7.81. The number of amides is 1. The highest BCUT2D eigenvalue weighted by molar-refractivity contribution is 6.28. The fourth-order valence-corrected chi connectivity index (χ4v) is 2.40. The summed E-state index contributed by atoms with van der Waals surface area (Å²) >= 11 is 5.94. The van der Waals surface area contributed by atoms with E-state index in [4.69, 9.17) is 21.1 Å². The van der Waals surface area contributed by atoms with Crippen molar-refractivity contribution in [2.45, 2.75) is 0 Å². The van der Waals surface area contributed by atoms with Crippen LogP contribution in [0.3, 0.4) is 0 Å². The molecule has 1 aliphatic rings. The zero-order valence-corrected chi connectivity index (χ0v) is 14.2. The lowest BCUT2D eigenvalue weighted by atomic mass is 10.3. The fourth-order valence-electron chi connectivity index (χ4n) is 2.27. The molecule has 9 heteroatoms. The van der Waals surface area contributed by atoms with Crippen LogP contribution in [0.25, 0.3) is 0 Å². The van der Waals surface area contributed by atoms with Crippen molar-refractivity contribution in [2.75, 3.05) is 70.0 Å². The smallest absolute Gasteiger partial charge is 0.239 e. The average Bonchev–Trinajstić information content (AvgIpc) is 2.55. The van der Waals surface area contributed by atoms with E-state index >= 15 is 0 Å². The van der Waals surface area contributed by atoms with Gasteiger partial charge in [-0.25, -0.2) is 4.98 Å². The standard InChI is InChI=1S/C14H22ClN5O3/c1-19(10-12(21)16-3-6-22-2)11-9-17-14(15)18-13(11)20-4-7-23-8-5-20/h9H,3-8,10H2,1-2H3,(H,16,21). The van der Waals surface area contributed by atoms with Crippen LogP contribution in [0.4, 0.5) is 11.5 Å². The minimum absolute atomic E-state index is 0.0903. The van der Waals surface area contributed by atoms with Crippen molar-refractivity contribution in [2.24, 2.45) is 0 Å². The number of rotatable bonds is 7. The largest absolute Gasteiger partial charge is 0.383 e. The van der Waals surface area contributed by atoms with Gasteiger partial charge in [0.05, 0.1) is 38.2 Å². The number of morpholine rings is 1. The molecule has 1 fully saturated rings. The number of anilines is 2. The van der Waals surface area contributed by atoms with Crippen molar-refractivity contribution >= 4 is 29.0 Å². The van der Waals surface area contributed by atoms with Gasteiger partial charge in [-0.1, -0.05) is 0 Å². The maximum atomic E-state index is 11.9. The summed E-state index contributed by atoms with van der Waals surface area (Å²) in [5, 5.41) is 2.98. The molecule has 0 unspecified atom stereocenters. The topological polar surface area (TPSA) is 79.8 Å². The summed E-state index contributed by atoms with van der Waals surface area (Å²) in [7, 11) is 3.42. The number of nitrogens with one attached hydrogen (secondary N) is 1. The van der Waals surface area contributed by atoms with Gasteiger partial charge in [-0.05, 0) is 11.6 Å². The highest BCUT2D eigenvalue weighted by Gasteiger charge is 2.20. The van der Waals surface area contributed by atoms with E-state index in [9.17, 15) is 4.79 Å². The van der Waals surface area contributed by atoms with Crippen molar-refractivity contribution < 1.29 is 14.3 Å². The molecule has 2 heterocycles. The number of hydrogen-bond acceptors (Lipinski definition) is 7. The highest BCUT2D eigenvalue weighted by Crippen LogP contribution is 2.27. The Morgan fingerprint density at radius 2 is 2.26 bits per heavy atom. The zero-order valence-electron chi connectivity index (χ0n) is 13.4. The number of carbonyl (C=O) groups excluding carboxylic acids is 1. The van der Waals surface area contributed by atoms with E-state index in [0.717, 1.165) is 24.6 Å². The van der Waals surface area contributed by atoms with Gasteiger partial charge in [-0.15, -0.1) is 0 Å². The molecule has 1 amide bonds.